The Morgan fingerprint density at radius 1 is 1.29 bits per heavy atom. The largest absolute Gasteiger partial charge is 0.396 e. The molecule has 4 N–H and O–H groups in total. The van der Waals surface area contributed by atoms with Crippen molar-refractivity contribution in [2.75, 3.05) is 19.7 Å². The number of rotatable bonds is 7. The lowest BCUT2D eigenvalue weighted by atomic mass is 9.73. The molecule has 0 aromatic heterocycles. The number of unbranched alkanes of at least 4 members (excludes halogenated alkanes) is 1. The van der Waals surface area contributed by atoms with Crippen LogP contribution in [0.1, 0.15) is 52.4 Å². The van der Waals surface area contributed by atoms with Gasteiger partial charge in [-0.3, -0.25) is 0 Å². The van der Waals surface area contributed by atoms with Gasteiger partial charge in [0.15, 0.2) is 0 Å². The van der Waals surface area contributed by atoms with Crippen molar-refractivity contribution < 1.29 is 5.11 Å². The summed E-state index contributed by atoms with van der Waals surface area (Å²) < 4.78 is 0. The first-order valence-electron chi connectivity index (χ1n) is 7.19. The van der Waals surface area contributed by atoms with Crippen molar-refractivity contribution in [3.8, 4) is 0 Å². The van der Waals surface area contributed by atoms with Gasteiger partial charge < -0.3 is 16.2 Å². The van der Waals surface area contributed by atoms with E-state index in [1.54, 1.807) is 0 Å². The van der Waals surface area contributed by atoms with Crippen LogP contribution in [0, 0.1) is 11.8 Å². The van der Waals surface area contributed by atoms with Crippen molar-refractivity contribution in [3.05, 3.63) is 0 Å². The minimum atomic E-state index is 0.181. The Bertz CT molecular complexity index is 198. The van der Waals surface area contributed by atoms with E-state index in [2.05, 4.69) is 19.2 Å². The molecule has 1 fully saturated rings. The van der Waals surface area contributed by atoms with Crippen molar-refractivity contribution >= 4 is 0 Å². The van der Waals surface area contributed by atoms with Gasteiger partial charge in [-0.15, -0.1) is 0 Å². The minimum absolute atomic E-state index is 0.181. The zero-order chi connectivity index (χ0) is 12.7. The SMILES string of the molecule is CC(C)C1CCC(CN)(NCCCCO)CC1. The maximum Gasteiger partial charge on any atom is 0.0431 e. The smallest absolute Gasteiger partial charge is 0.0431 e. The maximum absolute atomic E-state index is 8.77. The molecule has 0 heterocycles. The van der Waals surface area contributed by atoms with E-state index >= 15 is 0 Å². The topological polar surface area (TPSA) is 58.3 Å². The highest BCUT2D eigenvalue weighted by Gasteiger charge is 2.34. The number of hydrogen-bond acceptors (Lipinski definition) is 3. The van der Waals surface area contributed by atoms with Crippen LogP contribution in [0.25, 0.3) is 0 Å². The average molecular weight is 242 g/mol. The quantitative estimate of drug-likeness (QED) is 0.598. The first kappa shape index (κ1) is 14.9. The number of nitrogens with two attached hydrogens (primary N) is 1. The minimum Gasteiger partial charge on any atom is -0.396 e. The first-order chi connectivity index (χ1) is 8.13. The standard InChI is InChI=1S/C14H30N2O/c1-12(2)13-5-7-14(11-15,8-6-13)16-9-3-4-10-17/h12-13,16-17H,3-11,15H2,1-2H3. The van der Waals surface area contributed by atoms with E-state index < -0.39 is 0 Å². The summed E-state index contributed by atoms with van der Waals surface area (Å²) in [5.74, 6) is 1.69. The molecule has 1 saturated carbocycles. The maximum atomic E-state index is 8.77. The van der Waals surface area contributed by atoms with Crippen molar-refractivity contribution in [1.82, 2.24) is 5.32 Å². The molecule has 1 aliphatic carbocycles. The van der Waals surface area contributed by atoms with Crippen LogP contribution in [0.2, 0.25) is 0 Å². The van der Waals surface area contributed by atoms with Gasteiger partial charge in [0.25, 0.3) is 0 Å². The fourth-order valence-electron chi connectivity index (χ4n) is 2.90. The van der Waals surface area contributed by atoms with Crippen molar-refractivity contribution in [2.24, 2.45) is 17.6 Å². The lowest BCUT2D eigenvalue weighted by Crippen LogP contribution is -2.53. The van der Waals surface area contributed by atoms with E-state index in [1.165, 1.54) is 25.7 Å². The predicted octanol–water partition coefficient (Wildman–Crippen LogP) is 1.89. The molecule has 0 saturated heterocycles. The Kier molecular flexibility index (Phi) is 6.45. The van der Waals surface area contributed by atoms with Gasteiger partial charge in [-0.2, -0.15) is 0 Å². The van der Waals surface area contributed by atoms with Gasteiger partial charge in [0.2, 0.25) is 0 Å². The Morgan fingerprint density at radius 2 is 1.94 bits per heavy atom. The molecule has 0 radical (unpaired) electrons. The third-order valence-corrected chi connectivity index (χ3v) is 4.41. The van der Waals surface area contributed by atoms with E-state index in [-0.39, 0.29) is 5.54 Å². The molecule has 0 atom stereocenters. The second-order valence-corrected chi connectivity index (χ2v) is 5.92. The summed E-state index contributed by atoms with van der Waals surface area (Å²) in [6.45, 7) is 6.69. The van der Waals surface area contributed by atoms with E-state index in [0.29, 0.717) is 6.61 Å². The molecule has 0 unspecified atom stereocenters. The highest BCUT2D eigenvalue weighted by molar-refractivity contribution is 4.94. The van der Waals surface area contributed by atoms with Crippen LogP contribution >= 0.6 is 0 Å². The van der Waals surface area contributed by atoms with Crippen LogP contribution in [0.3, 0.4) is 0 Å². The van der Waals surface area contributed by atoms with E-state index in [4.69, 9.17) is 10.8 Å². The molecule has 0 spiro atoms. The van der Waals surface area contributed by atoms with Crippen LogP contribution in [-0.4, -0.2) is 30.3 Å². The Morgan fingerprint density at radius 3 is 2.41 bits per heavy atom. The molecule has 0 aromatic rings. The zero-order valence-corrected chi connectivity index (χ0v) is 11.5. The summed E-state index contributed by atoms with van der Waals surface area (Å²) in [7, 11) is 0. The fraction of sp³-hybridized carbons (Fsp3) is 1.00. The summed E-state index contributed by atoms with van der Waals surface area (Å²) in [5.41, 5.74) is 6.14. The first-order valence-corrected chi connectivity index (χ1v) is 7.19. The second kappa shape index (κ2) is 7.34. The second-order valence-electron chi connectivity index (χ2n) is 5.92. The summed E-state index contributed by atoms with van der Waals surface area (Å²) in [6.07, 6.45) is 6.98. The number of nitrogens with one attached hydrogen (secondary N) is 1. The van der Waals surface area contributed by atoms with Gasteiger partial charge in [0.05, 0.1) is 0 Å². The molecule has 3 heteroatoms. The van der Waals surface area contributed by atoms with Gasteiger partial charge in [0.1, 0.15) is 0 Å². The highest BCUT2D eigenvalue weighted by atomic mass is 16.2. The Balaban J connectivity index is 2.33. The van der Waals surface area contributed by atoms with Crippen LogP contribution in [-0.2, 0) is 0 Å². The lowest BCUT2D eigenvalue weighted by molar-refractivity contribution is 0.164. The molecule has 17 heavy (non-hydrogen) atoms. The predicted molar refractivity (Wildman–Crippen MR) is 72.9 cm³/mol. The number of aliphatic hydroxyl groups is 1. The third-order valence-electron chi connectivity index (χ3n) is 4.41. The van der Waals surface area contributed by atoms with Crippen molar-refractivity contribution in [2.45, 2.75) is 57.9 Å². The fourth-order valence-corrected chi connectivity index (χ4v) is 2.90. The Hall–Kier alpha value is -0.120. The number of aliphatic hydroxyl groups excluding tert-OH is 1. The van der Waals surface area contributed by atoms with Gasteiger partial charge in [-0.25, -0.2) is 0 Å². The molecule has 0 amide bonds. The van der Waals surface area contributed by atoms with E-state index in [1.807, 2.05) is 0 Å². The van der Waals surface area contributed by atoms with E-state index in [9.17, 15) is 0 Å². The molecule has 0 aromatic carbocycles. The summed E-state index contributed by atoms with van der Waals surface area (Å²) in [4.78, 5) is 0. The number of hydrogen-bond donors (Lipinski definition) is 3. The van der Waals surface area contributed by atoms with Crippen molar-refractivity contribution in [1.29, 1.82) is 0 Å². The monoisotopic (exact) mass is 242 g/mol. The highest BCUT2D eigenvalue weighted by Crippen LogP contribution is 2.35. The molecule has 3 nitrogen and oxygen atoms in total. The van der Waals surface area contributed by atoms with Crippen LogP contribution in [0.4, 0.5) is 0 Å². The molecule has 0 bridgehead atoms. The molecule has 102 valence electrons. The van der Waals surface area contributed by atoms with Gasteiger partial charge in [-0.1, -0.05) is 13.8 Å². The summed E-state index contributed by atoms with van der Waals surface area (Å²) >= 11 is 0. The van der Waals surface area contributed by atoms with Crippen molar-refractivity contribution in [3.63, 3.8) is 0 Å². The van der Waals surface area contributed by atoms with E-state index in [0.717, 1.165) is 37.8 Å². The molecule has 1 aliphatic rings. The zero-order valence-electron chi connectivity index (χ0n) is 11.5. The van der Waals surface area contributed by atoms with Crippen LogP contribution in [0.5, 0.6) is 0 Å². The van der Waals surface area contributed by atoms with Crippen LogP contribution < -0.4 is 11.1 Å². The van der Waals surface area contributed by atoms with Gasteiger partial charge in [-0.05, 0) is 56.9 Å². The molecule has 1 rings (SSSR count). The van der Waals surface area contributed by atoms with Gasteiger partial charge in [0, 0.05) is 18.7 Å². The normalized spacial score (nSPS) is 29.8. The Labute approximate surface area is 106 Å². The summed E-state index contributed by atoms with van der Waals surface area (Å²) in [5, 5.41) is 12.4. The van der Waals surface area contributed by atoms with Gasteiger partial charge >= 0.3 is 0 Å². The van der Waals surface area contributed by atoms with Crippen LogP contribution in [0.15, 0.2) is 0 Å². The molecular weight excluding hydrogens is 212 g/mol. The lowest BCUT2D eigenvalue weighted by Gasteiger charge is -2.41. The molecule has 0 aliphatic heterocycles. The average Bonchev–Trinajstić information content (AvgIpc) is 2.35. The molecular formula is C14H30N2O. The third kappa shape index (κ3) is 4.57. The summed E-state index contributed by atoms with van der Waals surface area (Å²) in [6, 6.07) is 0.